The molecule has 0 saturated carbocycles. The molecule has 10 aromatic rings. The molecule has 2 aliphatic heterocycles. The fourth-order valence-electron chi connectivity index (χ4n) is 12.9. The summed E-state index contributed by atoms with van der Waals surface area (Å²) in [5.41, 5.74) is 27.9. The Morgan fingerprint density at radius 3 is 1.47 bits per heavy atom. The number of nitrogens with zero attached hydrogens (tertiary/aromatic N) is 2. The van der Waals surface area contributed by atoms with Crippen LogP contribution >= 0.6 is 11.3 Å². The quantitative estimate of drug-likeness (QED) is 0.162. The third kappa shape index (κ3) is 6.02. The van der Waals surface area contributed by atoms with E-state index in [0.717, 1.165) is 5.69 Å². The molecule has 1 aromatic heterocycles. The van der Waals surface area contributed by atoms with Crippen molar-refractivity contribution < 1.29 is 0 Å². The lowest BCUT2D eigenvalue weighted by Gasteiger charge is -2.44. The highest BCUT2D eigenvalue weighted by atomic mass is 32.1. The van der Waals surface area contributed by atoms with Gasteiger partial charge < -0.3 is 9.80 Å². The Morgan fingerprint density at radius 1 is 0.431 bits per heavy atom. The summed E-state index contributed by atoms with van der Waals surface area (Å²) >= 11 is 2.06. The molecule has 14 rings (SSSR count). The highest BCUT2D eigenvalue weighted by Gasteiger charge is 2.56. The van der Waals surface area contributed by atoms with Crippen molar-refractivity contribution in [3.05, 3.63) is 245 Å². The zero-order chi connectivity index (χ0) is 48.8. The normalized spacial score (nSPS) is 14.3. The first-order valence-electron chi connectivity index (χ1n) is 25.6. The summed E-state index contributed by atoms with van der Waals surface area (Å²) in [5, 5.41) is 0. The molecule has 0 saturated heterocycles. The van der Waals surface area contributed by atoms with Crippen LogP contribution in [0.15, 0.2) is 206 Å². The molecule has 0 fully saturated rings. The number of rotatable bonds is 4. The van der Waals surface area contributed by atoms with Gasteiger partial charge >= 0.3 is 0 Å². The molecule has 2 nitrogen and oxygen atoms in total. The smallest absolute Gasteiger partial charge is 0.264 e. The number of thiophene rings is 1. The monoisotopic (exact) mass is 942 g/mol. The highest BCUT2D eigenvalue weighted by Crippen LogP contribution is 2.67. The predicted molar refractivity (Wildman–Crippen MR) is 308 cm³/mol. The zero-order valence-electron chi connectivity index (χ0n) is 42.0. The number of benzene rings is 9. The van der Waals surface area contributed by atoms with Gasteiger partial charge in [0.15, 0.2) is 0 Å². The molecule has 0 atom stereocenters. The summed E-state index contributed by atoms with van der Waals surface area (Å²) in [4.78, 5) is 6.67. The molecule has 72 heavy (non-hydrogen) atoms. The molecule has 346 valence electrons. The minimum atomic E-state index is -0.461. The zero-order valence-corrected chi connectivity index (χ0v) is 42.8. The summed E-state index contributed by atoms with van der Waals surface area (Å²) in [5.74, 6) is 0. The van der Waals surface area contributed by atoms with Gasteiger partial charge in [-0.1, -0.05) is 205 Å². The van der Waals surface area contributed by atoms with Gasteiger partial charge in [0.1, 0.15) is 0 Å². The van der Waals surface area contributed by atoms with E-state index in [2.05, 4.69) is 276 Å². The molecule has 2 aliphatic carbocycles. The fraction of sp³-hybridized carbons (Fsp3) is 0.147. The van der Waals surface area contributed by atoms with Crippen LogP contribution in [-0.2, 0) is 16.2 Å². The van der Waals surface area contributed by atoms with Crippen molar-refractivity contribution in [2.24, 2.45) is 0 Å². The number of anilines is 6. The van der Waals surface area contributed by atoms with Crippen LogP contribution in [0.5, 0.6) is 0 Å². The summed E-state index contributed by atoms with van der Waals surface area (Å²) in [6.45, 7) is 16.1. The molecule has 0 bridgehead atoms. The molecule has 4 heteroatoms. The Morgan fingerprint density at radius 2 is 0.903 bits per heavy atom. The standard InChI is InChI=1S/C68H55BN2S/c1-42-39-59-62-60(40-42)71(48-36-32-46(33-37-48)67(5,6)7)63-61-53-25-15-18-28-56(53)68(54-26-16-13-23-51(54)52-24-14-17-27-55(52)68)64(61)72-65(63)69(62)57-38-29-44(50-22-12-11-21-49(50)43-19-9-8-10-20-43)41-58(57)70(59)47-34-30-45(31-35-47)66(2,3)4/h8-41H,1-7H3. The lowest BCUT2D eigenvalue weighted by Crippen LogP contribution is -2.60. The minimum Gasteiger partial charge on any atom is -0.311 e. The molecule has 0 amide bonds. The van der Waals surface area contributed by atoms with Crippen LogP contribution in [0.1, 0.15) is 79.8 Å². The third-order valence-electron chi connectivity index (χ3n) is 16.2. The lowest BCUT2D eigenvalue weighted by atomic mass is 9.36. The summed E-state index contributed by atoms with van der Waals surface area (Å²) in [7, 11) is 0. The third-order valence-corrected chi connectivity index (χ3v) is 17.6. The second kappa shape index (κ2) is 15.4. The van der Waals surface area contributed by atoms with Crippen molar-refractivity contribution in [2.75, 3.05) is 9.80 Å². The Balaban J connectivity index is 1.09. The van der Waals surface area contributed by atoms with Crippen molar-refractivity contribution in [3.63, 3.8) is 0 Å². The topological polar surface area (TPSA) is 6.48 Å². The maximum atomic E-state index is 2.67. The van der Waals surface area contributed by atoms with Crippen LogP contribution in [0.3, 0.4) is 0 Å². The van der Waals surface area contributed by atoms with E-state index in [4.69, 9.17) is 0 Å². The van der Waals surface area contributed by atoms with Gasteiger partial charge in [0.25, 0.3) is 6.71 Å². The molecule has 4 aliphatic rings. The van der Waals surface area contributed by atoms with Crippen LogP contribution in [0.2, 0.25) is 0 Å². The molecular weight excluding hydrogens is 888 g/mol. The molecule has 0 N–H and O–H groups in total. The van der Waals surface area contributed by atoms with E-state index in [1.165, 1.54) is 127 Å². The van der Waals surface area contributed by atoms with Crippen LogP contribution in [0.25, 0.3) is 44.5 Å². The molecule has 1 spiro atoms. The van der Waals surface area contributed by atoms with Gasteiger partial charge in [0.05, 0.1) is 11.1 Å². The summed E-state index contributed by atoms with van der Waals surface area (Å²) in [6.07, 6.45) is 0. The molecule has 3 heterocycles. The second-order valence-electron chi connectivity index (χ2n) is 22.5. The van der Waals surface area contributed by atoms with Gasteiger partial charge in [-0.25, -0.2) is 0 Å². The van der Waals surface area contributed by atoms with E-state index in [1.54, 1.807) is 0 Å². The largest absolute Gasteiger partial charge is 0.311 e. The van der Waals surface area contributed by atoms with Gasteiger partial charge in [0.2, 0.25) is 0 Å². The van der Waals surface area contributed by atoms with E-state index in [-0.39, 0.29) is 17.5 Å². The number of hydrogen-bond acceptors (Lipinski definition) is 3. The van der Waals surface area contributed by atoms with Gasteiger partial charge in [-0.3, -0.25) is 0 Å². The van der Waals surface area contributed by atoms with E-state index < -0.39 is 5.41 Å². The van der Waals surface area contributed by atoms with Crippen molar-refractivity contribution in [1.82, 2.24) is 0 Å². The Hall–Kier alpha value is -7.66. The summed E-state index contributed by atoms with van der Waals surface area (Å²) < 4.78 is 1.40. The SMILES string of the molecule is Cc1cc2c3c(c1)N(c1ccc(C(C)(C)C)cc1)c1c(sc4c1-c1ccccc1C41c4ccccc4-c4ccccc41)B3c1ccc(-c3ccccc3-c3ccccc3)cc1N2c1ccc(C(C)(C)C)cc1. The molecule has 0 radical (unpaired) electrons. The van der Waals surface area contributed by atoms with E-state index in [1.807, 2.05) is 0 Å². The number of aryl methyl sites for hydroxylation is 1. The van der Waals surface area contributed by atoms with Crippen molar-refractivity contribution in [3.8, 4) is 44.5 Å². The Labute approximate surface area is 429 Å². The minimum absolute atomic E-state index is 0.0185. The van der Waals surface area contributed by atoms with Crippen molar-refractivity contribution >= 4 is 67.9 Å². The van der Waals surface area contributed by atoms with Crippen LogP contribution in [0.4, 0.5) is 34.1 Å². The second-order valence-corrected chi connectivity index (χ2v) is 23.6. The maximum Gasteiger partial charge on any atom is 0.264 e. The first-order chi connectivity index (χ1) is 34.9. The van der Waals surface area contributed by atoms with Crippen LogP contribution in [0, 0.1) is 6.92 Å². The highest BCUT2D eigenvalue weighted by molar-refractivity contribution is 7.30. The number of hydrogen-bond donors (Lipinski definition) is 0. The molecular formula is C68H55BN2S. The predicted octanol–water partition coefficient (Wildman–Crippen LogP) is 16.4. The van der Waals surface area contributed by atoms with E-state index in [9.17, 15) is 0 Å². The average molecular weight is 943 g/mol. The van der Waals surface area contributed by atoms with Gasteiger partial charge in [0, 0.05) is 43.7 Å². The van der Waals surface area contributed by atoms with Crippen molar-refractivity contribution in [2.45, 2.75) is 64.7 Å². The van der Waals surface area contributed by atoms with E-state index in [0.29, 0.717) is 0 Å². The average Bonchev–Trinajstić information content (AvgIpc) is 4.02. The molecule has 0 unspecified atom stereocenters. The Kier molecular flexibility index (Phi) is 9.25. The van der Waals surface area contributed by atoms with Crippen LogP contribution in [-0.4, -0.2) is 6.71 Å². The fourth-order valence-corrected chi connectivity index (χ4v) is 14.6. The van der Waals surface area contributed by atoms with E-state index >= 15 is 0 Å². The number of fused-ring (bicyclic) bond motifs is 15. The van der Waals surface area contributed by atoms with Crippen LogP contribution < -0.4 is 25.5 Å². The summed E-state index contributed by atoms with van der Waals surface area (Å²) in [6, 6.07) is 78.8. The first kappa shape index (κ1) is 43.2. The van der Waals surface area contributed by atoms with Gasteiger partial charge in [-0.05, 0) is 143 Å². The van der Waals surface area contributed by atoms with Crippen molar-refractivity contribution in [1.29, 1.82) is 0 Å². The van der Waals surface area contributed by atoms with Gasteiger partial charge in [-0.15, -0.1) is 11.3 Å². The maximum absolute atomic E-state index is 2.67. The van der Waals surface area contributed by atoms with Gasteiger partial charge in [-0.2, -0.15) is 0 Å². The lowest BCUT2D eigenvalue weighted by molar-refractivity contribution is 0.590. The molecule has 9 aromatic carbocycles. The Bertz CT molecular complexity index is 3800. The first-order valence-corrected chi connectivity index (χ1v) is 26.4.